The summed E-state index contributed by atoms with van der Waals surface area (Å²) in [4.78, 5) is 28.6. The molecule has 0 bridgehead atoms. The van der Waals surface area contributed by atoms with Gasteiger partial charge in [-0.2, -0.15) is 21.9 Å². The normalized spacial score (nSPS) is 13.2. The minimum atomic E-state index is -1.22. The second kappa shape index (κ2) is 17.6. The van der Waals surface area contributed by atoms with E-state index < -0.39 is 6.15 Å². The van der Waals surface area contributed by atoms with E-state index in [-0.39, 0.29) is 23.0 Å². The third-order valence-corrected chi connectivity index (χ3v) is 13.4. The Kier molecular flexibility index (Phi) is 11.5. The fourth-order valence-corrected chi connectivity index (χ4v) is 10.5. The number of aromatic nitrogens is 3. The summed E-state index contributed by atoms with van der Waals surface area (Å²) in [6, 6.07) is 61.2. The average molecular weight is 845 g/mol. The van der Waals surface area contributed by atoms with Crippen molar-refractivity contribution < 1.29 is 18.5 Å². The van der Waals surface area contributed by atoms with Gasteiger partial charge < -0.3 is 9.47 Å². The molecule has 0 N–H and O–H groups in total. The third kappa shape index (κ3) is 7.81. The zero-order valence-corrected chi connectivity index (χ0v) is 36.2. The number of fused-ring (bicyclic) bond motifs is 2. The lowest BCUT2D eigenvalue weighted by molar-refractivity contribution is -0.671. The highest BCUT2D eigenvalue weighted by Crippen LogP contribution is 2.42. The number of nitrogens with zero attached hydrogens (tertiary/aromatic N) is 4. The Bertz CT molecular complexity index is 2880. The molecule has 310 valence electrons. The van der Waals surface area contributed by atoms with Gasteiger partial charge in [0.1, 0.15) is 24.4 Å². The number of hydrogen-bond donors (Lipinski definition) is 0. The van der Waals surface area contributed by atoms with Crippen LogP contribution in [0.2, 0.25) is 0 Å². The zero-order chi connectivity index (χ0) is 43.5. The molecule has 9 aromatic rings. The molecule has 1 aliphatic rings. The van der Waals surface area contributed by atoms with Gasteiger partial charge >= 0.3 is 6.03 Å². The number of carbonyl (C=O) groups excluding carboxylic acids is 2. The molecule has 1 atom stereocenters. The quantitative estimate of drug-likeness (QED) is 0.0875. The molecule has 3 aromatic heterocycles. The van der Waals surface area contributed by atoms with Gasteiger partial charge in [-0.05, 0) is 41.5 Å². The number of benzene rings is 6. The van der Waals surface area contributed by atoms with E-state index in [1.807, 2.05) is 54.3 Å². The Morgan fingerprint density at radius 2 is 1.21 bits per heavy atom. The summed E-state index contributed by atoms with van der Waals surface area (Å²) in [5.41, 5.74) is 10.9. The maximum atomic E-state index is 14.0. The largest absolute Gasteiger partial charge is 0.333 e. The molecule has 1 aliphatic heterocycles. The van der Waals surface area contributed by atoms with Crippen molar-refractivity contribution in [2.45, 2.75) is 11.1 Å². The molecule has 0 saturated carbocycles. The topological polar surface area (TPSA) is 51.1 Å². The standard InChI is InChI=1S/C30H26FN4O2S.C24H20B/c1-32(2)30(37)35-17-25(23-11-8-20(15-26(23)35)19-6-9-22(31)10-7-19)28(36)24-12-14-34-27(24)18-38-29(34)21-5-4-13-33(3)16-21;1-5-13-21(14-6-1)25(22-15-7-2-8-16-22,23-17-9-3-10-18-23)24-19-11-4-12-20-24/h4-17,29H,18H2,1-3H3;1-20H/q+1;-1/t29-;/m1./s1. The fraction of sp³-hybridized carbons (Fsp3) is 0.0926. The first-order chi connectivity index (χ1) is 30.7. The molecule has 0 fully saturated rings. The van der Waals surface area contributed by atoms with Crippen molar-refractivity contribution in [3.8, 4) is 11.1 Å². The molecule has 6 aromatic carbocycles. The van der Waals surface area contributed by atoms with Crippen molar-refractivity contribution in [3.05, 3.63) is 235 Å². The van der Waals surface area contributed by atoms with Crippen LogP contribution in [0.5, 0.6) is 0 Å². The van der Waals surface area contributed by atoms with Crippen molar-refractivity contribution in [1.29, 1.82) is 0 Å². The number of hydrogen-bond acceptors (Lipinski definition) is 3. The second-order valence-corrected chi connectivity index (χ2v) is 17.3. The molecule has 6 nitrogen and oxygen atoms in total. The minimum absolute atomic E-state index is 0.105. The first-order valence-electron chi connectivity index (χ1n) is 21.1. The van der Waals surface area contributed by atoms with Gasteiger partial charge in [0.25, 0.3) is 0 Å². The van der Waals surface area contributed by atoms with Crippen molar-refractivity contribution in [2.24, 2.45) is 7.05 Å². The number of ketones is 1. The minimum Gasteiger partial charge on any atom is -0.333 e. The molecule has 63 heavy (non-hydrogen) atoms. The number of aryl methyl sites for hydroxylation is 1. The van der Waals surface area contributed by atoms with Crippen molar-refractivity contribution in [3.63, 3.8) is 0 Å². The number of pyridine rings is 1. The summed E-state index contributed by atoms with van der Waals surface area (Å²) in [5.74, 6) is 0.306. The van der Waals surface area contributed by atoms with Gasteiger partial charge in [0.15, 0.2) is 18.2 Å². The van der Waals surface area contributed by atoms with Crippen LogP contribution in [0, 0.1) is 5.82 Å². The number of amides is 1. The summed E-state index contributed by atoms with van der Waals surface area (Å²) < 4.78 is 19.2. The van der Waals surface area contributed by atoms with Crippen LogP contribution in [0.1, 0.15) is 32.6 Å². The Labute approximate surface area is 371 Å². The molecule has 4 heterocycles. The van der Waals surface area contributed by atoms with Crippen LogP contribution >= 0.6 is 11.8 Å². The summed E-state index contributed by atoms with van der Waals surface area (Å²) in [7, 11) is 5.36. The third-order valence-electron chi connectivity index (χ3n) is 12.2. The summed E-state index contributed by atoms with van der Waals surface area (Å²) in [6.45, 7) is 0. The highest BCUT2D eigenvalue weighted by atomic mass is 32.2. The summed E-state index contributed by atoms with van der Waals surface area (Å²) >= 11 is 1.79. The number of thioether (sulfide) groups is 1. The van der Waals surface area contributed by atoms with Crippen LogP contribution in [0.4, 0.5) is 9.18 Å². The van der Waals surface area contributed by atoms with Gasteiger partial charge in [-0.25, -0.2) is 13.8 Å². The smallest absolute Gasteiger partial charge is 0.328 e. The van der Waals surface area contributed by atoms with Crippen LogP contribution in [0.15, 0.2) is 207 Å². The van der Waals surface area contributed by atoms with Crippen LogP contribution in [-0.2, 0) is 12.8 Å². The van der Waals surface area contributed by atoms with Gasteiger partial charge in [-0.3, -0.25) is 9.36 Å². The van der Waals surface area contributed by atoms with E-state index in [1.54, 1.807) is 44.2 Å². The lowest BCUT2D eigenvalue weighted by Crippen LogP contribution is -2.74. The predicted molar refractivity (Wildman–Crippen MR) is 257 cm³/mol. The molecule has 9 heteroatoms. The fourth-order valence-electron chi connectivity index (χ4n) is 9.18. The Morgan fingerprint density at radius 1 is 0.667 bits per heavy atom. The number of rotatable bonds is 8. The average Bonchev–Trinajstić information content (AvgIpc) is 4.05. The van der Waals surface area contributed by atoms with Crippen LogP contribution in [0.3, 0.4) is 0 Å². The summed E-state index contributed by atoms with van der Waals surface area (Å²) in [6.07, 6.45) is 6.52. The lowest BCUT2D eigenvalue weighted by atomic mass is 9.13. The number of halogens is 1. The maximum absolute atomic E-state index is 14.0. The maximum Gasteiger partial charge on any atom is 0.328 e. The SMILES string of the molecule is CN(C)C(=O)n1cc(C(=O)c2ccn3c2CS[C@@H]3c2ccc[n+](C)c2)c2ccc(-c3ccc(F)cc3)cc21.c1ccc([B-](c2ccccc2)(c2ccccc2)c2ccccc2)cc1. The molecule has 1 amide bonds. The van der Waals surface area contributed by atoms with E-state index in [0.29, 0.717) is 22.0 Å². The van der Waals surface area contributed by atoms with E-state index in [1.165, 1.54) is 49.0 Å². The zero-order valence-electron chi connectivity index (χ0n) is 35.4. The molecule has 0 unspecified atom stereocenters. The highest BCUT2D eigenvalue weighted by molar-refractivity contribution is 7.99. The van der Waals surface area contributed by atoms with E-state index in [9.17, 15) is 14.0 Å². The van der Waals surface area contributed by atoms with E-state index in [0.717, 1.165) is 22.6 Å². The molecular weight excluding hydrogens is 798 g/mol. The van der Waals surface area contributed by atoms with Crippen molar-refractivity contribution in [2.75, 3.05) is 14.1 Å². The molecule has 0 spiro atoms. The van der Waals surface area contributed by atoms with Gasteiger partial charge in [-0.1, -0.05) is 146 Å². The number of carbonyl (C=O) groups is 2. The Morgan fingerprint density at radius 3 is 1.73 bits per heavy atom. The molecule has 0 saturated heterocycles. The summed E-state index contributed by atoms with van der Waals surface area (Å²) in [5, 5.41) is 0.808. The van der Waals surface area contributed by atoms with Gasteiger partial charge in [-0.15, -0.1) is 11.8 Å². The van der Waals surface area contributed by atoms with E-state index in [4.69, 9.17) is 0 Å². The first kappa shape index (κ1) is 41.1. The molecule has 0 radical (unpaired) electrons. The monoisotopic (exact) mass is 844 g/mol. The molecular formula is C54H46BFN4O2S. The van der Waals surface area contributed by atoms with E-state index >= 15 is 0 Å². The Balaban J connectivity index is 0.000000174. The Hall–Kier alpha value is -7.23. The van der Waals surface area contributed by atoms with Crippen LogP contribution in [0.25, 0.3) is 22.0 Å². The van der Waals surface area contributed by atoms with E-state index in [2.05, 4.69) is 138 Å². The highest BCUT2D eigenvalue weighted by Gasteiger charge is 2.32. The van der Waals surface area contributed by atoms with Crippen molar-refractivity contribution >= 4 is 62.5 Å². The van der Waals surface area contributed by atoms with Gasteiger partial charge in [0.05, 0.1) is 5.52 Å². The van der Waals surface area contributed by atoms with Gasteiger partial charge in [0, 0.05) is 66.1 Å². The van der Waals surface area contributed by atoms with Crippen LogP contribution in [-0.4, -0.2) is 46.1 Å². The predicted octanol–water partition coefficient (Wildman–Crippen LogP) is 8.69. The van der Waals surface area contributed by atoms with Crippen LogP contribution < -0.4 is 26.4 Å². The lowest BCUT2D eigenvalue weighted by Gasteiger charge is -2.44. The first-order valence-corrected chi connectivity index (χ1v) is 22.1. The molecule has 10 rings (SSSR count). The van der Waals surface area contributed by atoms with Gasteiger partial charge in [0.2, 0.25) is 0 Å². The van der Waals surface area contributed by atoms with Crippen molar-refractivity contribution in [1.82, 2.24) is 14.0 Å². The second-order valence-electron chi connectivity index (χ2n) is 16.2. The molecule has 0 aliphatic carbocycles.